The number of anilines is 1. The van der Waals surface area contributed by atoms with E-state index in [-0.39, 0.29) is 49.1 Å². The van der Waals surface area contributed by atoms with Gasteiger partial charge in [-0.05, 0) is 106 Å². The molecule has 0 bridgehead atoms. The second-order valence-electron chi connectivity index (χ2n) is 12.4. The summed E-state index contributed by atoms with van der Waals surface area (Å²) in [5, 5.41) is 17.8. The highest BCUT2D eigenvalue weighted by Gasteiger charge is 2.46. The molecule has 232 valence electrons. The number of nitrogens with zero attached hydrogens (tertiary/aromatic N) is 2. The Kier molecular flexibility index (Phi) is 10.1. The van der Waals surface area contributed by atoms with Crippen molar-refractivity contribution in [2.45, 2.75) is 102 Å². The molecule has 3 aliphatic rings. The first kappa shape index (κ1) is 31.4. The van der Waals surface area contributed by atoms with E-state index in [1.807, 2.05) is 31.2 Å². The molecule has 9 nitrogen and oxygen atoms in total. The number of likely N-dealkylation sites (tertiary alicyclic amines) is 1. The Bertz CT molecular complexity index is 1330. The average Bonchev–Trinajstić information content (AvgIpc) is 2.99. The van der Waals surface area contributed by atoms with Crippen molar-refractivity contribution in [3.63, 3.8) is 0 Å². The van der Waals surface area contributed by atoms with Gasteiger partial charge in [0.25, 0.3) is 0 Å². The number of carbonyl (C=O) groups excluding carboxylic acids is 3. The van der Waals surface area contributed by atoms with Crippen molar-refractivity contribution in [1.29, 1.82) is 0 Å². The van der Waals surface area contributed by atoms with Gasteiger partial charge in [0.2, 0.25) is 17.7 Å². The molecule has 2 aliphatic heterocycles. The normalized spacial score (nSPS) is 20.9. The molecule has 0 aromatic heterocycles. The minimum atomic E-state index is -0.992. The van der Waals surface area contributed by atoms with Crippen LogP contribution in [0, 0.1) is 6.92 Å². The Hall–Kier alpha value is -2.98. The quantitative estimate of drug-likeness (QED) is 0.324. The number of halogens is 1. The van der Waals surface area contributed by atoms with Crippen molar-refractivity contribution in [2.75, 3.05) is 18.4 Å². The maximum atomic E-state index is 13.8. The first-order chi connectivity index (χ1) is 20.7. The van der Waals surface area contributed by atoms with Crippen LogP contribution in [-0.4, -0.2) is 69.6 Å². The zero-order chi connectivity index (χ0) is 30.6. The molecule has 1 unspecified atom stereocenters. The molecule has 1 saturated heterocycles. The van der Waals surface area contributed by atoms with Crippen molar-refractivity contribution in [3.8, 4) is 0 Å². The minimum absolute atomic E-state index is 0.0239. The summed E-state index contributed by atoms with van der Waals surface area (Å²) in [6.07, 6.45) is 6.68. The summed E-state index contributed by atoms with van der Waals surface area (Å²) in [6, 6.07) is 11.5. The Morgan fingerprint density at radius 1 is 1.07 bits per heavy atom. The molecule has 2 heterocycles. The van der Waals surface area contributed by atoms with Gasteiger partial charge in [-0.25, -0.2) is 0 Å². The topological polar surface area (TPSA) is 128 Å². The molecule has 1 aliphatic carbocycles. The summed E-state index contributed by atoms with van der Waals surface area (Å²) < 4.78 is 0. The molecular formula is C33H44ClN5O4. The second-order valence-corrected chi connectivity index (χ2v) is 12.8. The fourth-order valence-electron chi connectivity index (χ4n) is 6.90. The van der Waals surface area contributed by atoms with Crippen molar-refractivity contribution in [2.24, 2.45) is 5.73 Å². The van der Waals surface area contributed by atoms with Crippen LogP contribution in [-0.2, 0) is 27.3 Å². The molecule has 5 rings (SSSR count). The van der Waals surface area contributed by atoms with Gasteiger partial charge in [0.1, 0.15) is 12.3 Å². The standard InChI is InChI=1S/C33H44ClN5O4/c1-22-19-25(9-10-26(22)34)36-31(42)27(13-17-35)37-32(43)28-20-23-7-2-3-8-24(23)21-38(28)29(40)11-12-30(41)39-18-5-4-14-33(39)15-6-16-33/h2-3,7-10,19,27-29,40H,4-6,11-18,20-21,35H2,1H3,(H,36,42)(H,37,43)/t27-,28-,29?/m0/s1. The largest absolute Gasteiger partial charge is 0.378 e. The van der Waals surface area contributed by atoms with Gasteiger partial charge >= 0.3 is 0 Å². The number of benzene rings is 2. The van der Waals surface area contributed by atoms with E-state index in [1.165, 1.54) is 12.8 Å². The third-order valence-corrected chi connectivity index (χ3v) is 9.96. The Morgan fingerprint density at radius 2 is 1.81 bits per heavy atom. The molecule has 10 heteroatoms. The predicted molar refractivity (Wildman–Crippen MR) is 167 cm³/mol. The lowest BCUT2D eigenvalue weighted by Crippen LogP contribution is -2.59. The van der Waals surface area contributed by atoms with Crippen molar-refractivity contribution in [1.82, 2.24) is 15.1 Å². The summed E-state index contributed by atoms with van der Waals surface area (Å²) in [7, 11) is 0. The van der Waals surface area contributed by atoms with Gasteiger partial charge in [0.05, 0.1) is 6.04 Å². The van der Waals surface area contributed by atoms with E-state index >= 15 is 0 Å². The molecule has 2 fully saturated rings. The number of fused-ring (bicyclic) bond motifs is 1. The number of amides is 3. The lowest BCUT2D eigenvalue weighted by molar-refractivity contribution is -0.147. The predicted octanol–water partition coefficient (Wildman–Crippen LogP) is 3.88. The molecule has 1 spiro atoms. The third kappa shape index (κ3) is 7.06. The van der Waals surface area contributed by atoms with Crippen molar-refractivity contribution >= 4 is 35.0 Å². The molecule has 1 saturated carbocycles. The van der Waals surface area contributed by atoms with Crippen LogP contribution in [0.1, 0.15) is 74.5 Å². The molecule has 3 atom stereocenters. The molecule has 5 N–H and O–H groups in total. The number of nitrogens with two attached hydrogens (primary N) is 1. The van der Waals surface area contributed by atoms with E-state index in [9.17, 15) is 19.5 Å². The molecule has 3 amide bonds. The zero-order valence-electron chi connectivity index (χ0n) is 25.0. The summed E-state index contributed by atoms with van der Waals surface area (Å²) >= 11 is 6.13. The summed E-state index contributed by atoms with van der Waals surface area (Å²) in [5.74, 6) is -0.639. The zero-order valence-corrected chi connectivity index (χ0v) is 25.7. The first-order valence-electron chi connectivity index (χ1n) is 15.6. The Balaban J connectivity index is 1.27. The maximum Gasteiger partial charge on any atom is 0.246 e. The lowest BCUT2D eigenvalue weighted by atomic mass is 9.70. The van der Waals surface area contributed by atoms with E-state index in [0.717, 1.165) is 48.9 Å². The van der Waals surface area contributed by atoms with E-state index < -0.39 is 18.3 Å². The van der Waals surface area contributed by atoms with Crippen LogP contribution < -0.4 is 16.4 Å². The van der Waals surface area contributed by atoms with Crippen molar-refractivity contribution < 1.29 is 19.5 Å². The SMILES string of the molecule is Cc1cc(NC(=O)[C@H](CCN)NC(=O)[C@@H]2Cc3ccccc3CN2C(O)CCC(=O)N2CCCCC23CCC3)ccc1Cl. The average molecular weight is 610 g/mol. The summed E-state index contributed by atoms with van der Waals surface area (Å²) in [6.45, 7) is 3.22. The third-order valence-electron chi connectivity index (χ3n) is 9.53. The van der Waals surface area contributed by atoms with Crippen molar-refractivity contribution in [3.05, 3.63) is 64.2 Å². The molecule has 0 radical (unpaired) electrons. The number of aryl methyl sites for hydroxylation is 1. The Labute approximate surface area is 259 Å². The Morgan fingerprint density at radius 3 is 2.51 bits per heavy atom. The van der Waals surface area contributed by atoms with Gasteiger partial charge in [-0.3, -0.25) is 19.3 Å². The number of carbonyl (C=O) groups is 3. The summed E-state index contributed by atoms with van der Waals surface area (Å²) in [5.41, 5.74) is 9.32. The number of rotatable bonds is 10. The first-order valence-corrected chi connectivity index (χ1v) is 16.0. The fourth-order valence-corrected chi connectivity index (χ4v) is 7.02. The lowest BCUT2D eigenvalue weighted by Gasteiger charge is -2.53. The number of hydrogen-bond acceptors (Lipinski definition) is 6. The van der Waals surface area contributed by atoms with Gasteiger partial charge in [0.15, 0.2) is 0 Å². The number of piperidine rings is 1. The molecule has 2 aromatic rings. The summed E-state index contributed by atoms with van der Waals surface area (Å²) in [4.78, 5) is 44.2. The van der Waals surface area contributed by atoms with Crippen LogP contribution >= 0.6 is 11.6 Å². The number of hydrogen-bond donors (Lipinski definition) is 4. The number of aliphatic hydroxyl groups excluding tert-OH is 1. The van der Waals surface area contributed by atoms with Crippen LogP contribution in [0.5, 0.6) is 0 Å². The van der Waals surface area contributed by atoms with Crippen LogP contribution in [0.25, 0.3) is 0 Å². The monoisotopic (exact) mass is 609 g/mol. The van der Waals surface area contributed by atoms with Gasteiger partial charge in [0, 0.05) is 35.8 Å². The highest BCUT2D eigenvalue weighted by Crippen LogP contribution is 2.44. The van der Waals surface area contributed by atoms with Gasteiger partial charge < -0.3 is 26.4 Å². The maximum absolute atomic E-state index is 13.8. The fraction of sp³-hybridized carbons (Fsp3) is 0.545. The van der Waals surface area contributed by atoms with Gasteiger partial charge in [-0.1, -0.05) is 35.9 Å². The van der Waals surface area contributed by atoms with Gasteiger partial charge in [-0.2, -0.15) is 0 Å². The second kappa shape index (κ2) is 13.8. The number of aliphatic hydroxyl groups is 1. The van der Waals surface area contributed by atoms with Crippen LogP contribution in [0.2, 0.25) is 5.02 Å². The van der Waals surface area contributed by atoms with E-state index in [0.29, 0.717) is 23.7 Å². The number of nitrogens with one attached hydrogen (secondary N) is 2. The van der Waals surface area contributed by atoms with E-state index in [2.05, 4.69) is 15.5 Å². The van der Waals surface area contributed by atoms with Crippen LogP contribution in [0.3, 0.4) is 0 Å². The van der Waals surface area contributed by atoms with Crippen LogP contribution in [0.4, 0.5) is 5.69 Å². The van der Waals surface area contributed by atoms with E-state index in [4.69, 9.17) is 17.3 Å². The minimum Gasteiger partial charge on any atom is -0.378 e. The van der Waals surface area contributed by atoms with E-state index in [1.54, 1.807) is 23.1 Å². The molecule has 43 heavy (non-hydrogen) atoms. The highest BCUT2D eigenvalue weighted by molar-refractivity contribution is 6.31. The molecule has 2 aromatic carbocycles. The molecular weight excluding hydrogens is 566 g/mol. The highest BCUT2D eigenvalue weighted by atomic mass is 35.5. The van der Waals surface area contributed by atoms with Gasteiger partial charge in [-0.15, -0.1) is 0 Å². The smallest absolute Gasteiger partial charge is 0.246 e. The van der Waals surface area contributed by atoms with Crippen LogP contribution in [0.15, 0.2) is 42.5 Å².